The quantitative estimate of drug-likeness (QED) is 0.873. The minimum atomic E-state index is -0.645. The number of nitrogens with zero attached hydrogens (tertiary/aromatic N) is 3. The molecule has 4 nitrogen and oxygen atoms in total. The van der Waals surface area contributed by atoms with Crippen LogP contribution in [0.15, 0.2) is 6.20 Å². The number of anilines is 1. The van der Waals surface area contributed by atoms with Gasteiger partial charge in [-0.25, -0.2) is 9.97 Å². The Kier molecular flexibility index (Phi) is 4.68. The zero-order valence-corrected chi connectivity index (χ0v) is 12.4. The molecule has 0 unspecified atom stereocenters. The molecule has 0 radical (unpaired) electrons. The van der Waals surface area contributed by atoms with Crippen molar-refractivity contribution >= 4 is 5.82 Å². The Labute approximate surface area is 110 Å². The molecule has 4 heteroatoms. The van der Waals surface area contributed by atoms with Crippen LogP contribution in [0.5, 0.6) is 0 Å². The van der Waals surface area contributed by atoms with Gasteiger partial charge in [0.05, 0.1) is 5.60 Å². The van der Waals surface area contributed by atoms with Crippen LogP contribution in [0.4, 0.5) is 5.82 Å². The first-order chi connectivity index (χ1) is 8.20. The molecule has 1 aromatic rings. The van der Waals surface area contributed by atoms with Gasteiger partial charge in [0.1, 0.15) is 11.6 Å². The fourth-order valence-corrected chi connectivity index (χ4v) is 1.73. The van der Waals surface area contributed by atoms with Crippen molar-refractivity contribution < 1.29 is 5.11 Å². The van der Waals surface area contributed by atoms with Gasteiger partial charge >= 0.3 is 0 Å². The van der Waals surface area contributed by atoms with Crippen LogP contribution in [0.2, 0.25) is 0 Å². The van der Waals surface area contributed by atoms with Crippen molar-refractivity contribution in [3.63, 3.8) is 0 Å². The molecule has 102 valence electrons. The van der Waals surface area contributed by atoms with Crippen LogP contribution in [-0.2, 0) is 0 Å². The molecular formula is C14H25N3O. The zero-order chi connectivity index (χ0) is 13.9. The summed E-state index contributed by atoms with van der Waals surface area (Å²) in [5.41, 5.74) is 0.507. The summed E-state index contributed by atoms with van der Waals surface area (Å²) in [6, 6.07) is 0. The fourth-order valence-electron chi connectivity index (χ4n) is 1.73. The Bertz CT molecular complexity index is 397. The van der Waals surface area contributed by atoms with Gasteiger partial charge in [-0.05, 0) is 33.1 Å². The molecule has 0 spiro atoms. The van der Waals surface area contributed by atoms with Crippen LogP contribution in [-0.4, -0.2) is 34.3 Å². The van der Waals surface area contributed by atoms with E-state index in [0.717, 1.165) is 23.8 Å². The number of aliphatic hydroxyl groups is 1. The maximum Gasteiger partial charge on any atom is 0.135 e. The standard InChI is InChI=1S/C14H25N3O/c1-10(2)12-9-15-11(3)16-13(12)17(6)8-7-14(4,5)18/h9-10,18H,7-8H2,1-6H3. The van der Waals surface area contributed by atoms with Crippen LogP contribution >= 0.6 is 0 Å². The molecule has 1 rings (SSSR count). The summed E-state index contributed by atoms with van der Waals surface area (Å²) in [5, 5.41) is 9.79. The first-order valence-electron chi connectivity index (χ1n) is 6.48. The largest absolute Gasteiger partial charge is 0.390 e. The Morgan fingerprint density at radius 1 is 1.39 bits per heavy atom. The minimum Gasteiger partial charge on any atom is -0.390 e. The summed E-state index contributed by atoms with van der Waals surface area (Å²) in [6.45, 7) is 10.6. The van der Waals surface area contributed by atoms with E-state index in [1.165, 1.54) is 0 Å². The number of aromatic nitrogens is 2. The van der Waals surface area contributed by atoms with Crippen LogP contribution in [0.25, 0.3) is 0 Å². The molecule has 0 fully saturated rings. The summed E-state index contributed by atoms with van der Waals surface area (Å²) in [5.74, 6) is 2.15. The Hall–Kier alpha value is -1.16. The van der Waals surface area contributed by atoms with E-state index < -0.39 is 5.60 Å². The van der Waals surface area contributed by atoms with Gasteiger partial charge in [-0.15, -0.1) is 0 Å². The maximum absolute atomic E-state index is 9.79. The number of hydrogen-bond acceptors (Lipinski definition) is 4. The third-order valence-electron chi connectivity index (χ3n) is 2.96. The molecule has 1 aromatic heterocycles. The van der Waals surface area contributed by atoms with Gasteiger partial charge in [-0.2, -0.15) is 0 Å². The molecule has 0 bridgehead atoms. The summed E-state index contributed by atoms with van der Waals surface area (Å²) in [7, 11) is 2.01. The van der Waals surface area contributed by atoms with Crippen molar-refractivity contribution in [3.8, 4) is 0 Å². The molecule has 1 N–H and O–H groups in total. The van der Waals surface area contributed by atoms with Crippen molar-refractivity contribution in [1.82, 2.24) is 9.97 Å². The van der Waals surface area contributed by atoms with E-state index >= 15 is 0 Å². The zero-order valence-electron chi connectivity index (χ0n) is 12.4. The highest BCUT2D eigenvalue weighted by Crippen LogP contribution is 2.24. The monoisotopic (exact) mass is 251 g/mol. The molecule has 0 aliphatic rings. The van der Waals surface area contributed by atoms with E-state index in [9.17, 15) is 5.11 Å². The van der Waals surface area contributed by atoms with E-state index in [-0.39, 0.29) is 0 Å². The molecule has 0 atom stereocenters. The molecule has 0 saturated heterocycles. The summed E-state index contributed by atoms with van der Waals surface area (Å²) < 4.78 is 0. The molecule has 0 aliphatic heterocycles. The molecule has 18 heavy (non-hydrogen) atoms. The second-order valence-electron chi connectivity index (χ2n) is 5.83. The van der Waals surface area contributed by atoms with Crippen LogP contribution in [0.1, 0.15) is 51.4 Å². The number of hydrogen-bond donors (Lipinski definition) is 1. The lowest BCUT2D eigenvalue weighted by atomic mass is 10.0. The second-order valence-corrected chi connectivity index (χ2v) is 5.83. The first-order valence-corrected chi connectivity index (χ1v) is 6.48. The average molecular weight is 251 g/mol. The first kappa shape index (κ1) is 14.9. The van der Waals surface area contributed by atoms with Gasteiger partial charge in [0, 0.05) is 25.4 Å². The SMILES string of the molecule is Cc1ncc(C(C)C)c(N(C)CCC(C)(C)O)n1. The Morgan fingerprint density at radius 2 is 2.00 bits per heavy atom. The van der Waals surface area contributed by atoms with Crippen LogP contribution < -0.4 is 4.90 Å². The fraction of sp³-hybridized carbons (Fsp3) is 0.714. The van der Waals surface area contributed by atoms with Gasteiger partial charge in [0.2, 0.25) is 0 Å². The number of rotatable bonds is 5. The smallest absolute Gasteiger partial charge is 0.135 e. The van der Waals surface area contributed by atoms with Crippen molar-refractivity contribution in [2.45, 2.75) is 52.6 Å². The summed E-state index contributed by atoms with van der Waals surface area (Å²) >= 11 is 0. The lowest BCUT2D eigenvalue weighted by Crippen LogP contribution is -2.29. The average Bonchev–Trinajstić information content (AvgIpc) is 2.24. The van der Waals surface area contributed by atoms with E-state index in [4.69, 9.17) is 0 Å². The maximum atomic E-state index is 9.79. The van der Waals surface area contributed by atoms with Crippen molar-refractivity contribution in [2.75, 3.05) is 18.5 Å². The molecule has 1 heterocycles. The van der Waals surface area contributed by atoms with Gasteiger partial charge in [0.25, 0.3) is 0 Å². The molecule has 0 aliphatic carbocycles. The van der Waals surface area contributed by atoms with E-state index in [0.29, 0.717) is 12.3 Å². The second kappa shape index (κ2) is 5.65. The highest BCUT2D eigenvalue weighted by Gasteiger charge is 2.17. The molecule has 0 amide bonds. The van der Waals surface area contributed by atoms with E-state index in [2.05, 4.69) is 28.7 Å². The van der Waals surface area contributed by atoms with E-state index in [1.54, 1.807) is 0 Å². The minimum absolute atomic E-state index is 0.394. The van der Waals surface area contributed by atoms with Gasteiger partial charge in [-0.3, -0.25) is 0 Å². The summed E-state index contributed by atoms with van der Waals surface area (Å²) in [6.07, 6.45) is 2.62. The van der Waals surface area contributed by atoms with Crippen molar-refractivity contribution in [2.24, 2.45) is 0 Å². The van der Waals surface area contributed by atoms with Crippen LogP contribution in [0, 0.1) is 6.92 Å². The van der Waals surface area contributed by atoms with Crippen LogP contribution in [0.3, 0.4) is 0 Å². The highest BCUT2D eigenvalue weighted by atomic mass is 16.3. The van der Waals surface area contributed by atoms with Crippen molar-refractivity contribution in [3.05, 3.63) is 17.6 Å². The third-order valence-corrected chi connectivity index (χ3v) is 2.96. The predicted molar refractivity (Wildman–Crippen MR) is 75.0 cm³/mol. The van der Waals surface area contributed by atoms with Gasteiger partial charge in [0.15, 0.2) is 0 Å². The number of aryl methyl sites for hydroxylation is 1. The predicted octanol–water partition coefficient (Wildman–Crippen LogP) is 2.51. The lowest BCUT2D eigenvalue weighted by molar-refractivity contribution is 0.0733. The van der Waals surface area contributed by atoms with Crippen molar-refractivity contribution in [1.29, 1.82) is 0 Å². The summed E-state index contributed by atoms with van der Waals surface area (Å²) in [4.78, 5) is 10.9. The Morgan fingerprint density at radius 3 is 2.50 bits per heavy atom. The molecule has 0 saturated carbocycles. The normalized spacial score (nSPS) is 12.0. The van der Waals surface area contributed by atoms with Gasteiger partial charge < -0.3 is 10.0 Å². The molecular weight excluding hydrogens is 226 g/mol. The van der Waals surface area contributed by atoms with E-state index in [1.807, 2.05) is 34.0 Å². The topological polar surface area (TPSA) is 49.2 Å². The molecule has 0 aromatic carbocycles. The van der Waals surface area contributed by atoms with Gasteiger partial charge in [-0.1, -0.05) is 13.8 Å². The lowest BCUT2D eigenvalue weighted by Gasteiger charge is -2.26. The highest BCUT2D eigenvalue weighted by molar-refractivity contribution is 5.46. The Balaban J connectivity index is 2.90. The third kappa shape index (κ3) is 4.26.